The van der Waals surface area contributed by atoms with Gasteiger partial charge < -0.3 is 36.4 Å². The van der Waals surface area contributed by atoms with E-state index in [0.717, 1.165) is 0 Å². The zero-order valence-electron chi connectivity index (χ0n) is 18.3. The number of halogens is 1. The van der Waals surface area contributed by atoms with Crippen LogP contribution in [0.3, 0.4) is 0 Å². The van der Waals surface area contributed by atoms with E-state index in [4.69, 9.17) is 10.5 Å². The lowest BCUT2D eigenvalue weighted by Crippen LogP contribution is -2.57. The lowest BCUT2D eigenvalue weighted by Gasteiger charge is -2.26. The highest BCUT2D eigenvalue weighted by Gasteiger charge is 2.28. The van der Waals surface area contributed by atoms with Gasteiger partial charge in [0.1, 0.15) is 18.6 Å². The highest BCUT2D eigenvalue weighted by atomic mass is 127. The molecule has 0 spiro atoms. The average Bonchev–Trinajstić information content (AvgIpc) is 2.69. The van der Waals surface area contributed by atoms with Crippen LogP contribution in [0, 0.1) is 0 Å². The molecule has 3 amide bonds. The predicted molar refractivity (Wildman–Crippen MR) is 129 cm³/mol. The van der Waals surface area contributed by atoms with Crippen molar-refractivity contribution in [2.45, 2.75) is 38.8 Å². The SMILES string of the molecule is CCOC(=O)CN(C)C(=O)[C@H](CNC)NC(=O)[C@H](CCCN=C(N)NPI)NC(C)=O. The maximum atomic E-state index is 12.8. The minimum atomic E-state index is -0.921. The third-order valence-electron chi connectivity index (χ3n) is 3.87. The predicted octanol–water partition coefficient (Wildman–Crippen LogP) is -1.16. The molecule has 0 aliphatic carbocycles. The van der Waals surface area contributed by atoms with Crippen molar-refractivity contribution in [2.24, 2.45) is 10.7 Å². The van der Waals surface area contributed by atoms with Gasteiger partial charge in [0.2, 0.25) is 17.7 Å². The fourth-order valence-electron chi connectivity index (χ4n) is 2.52. The Morgan fingerprint density at radius 1 is 1.23 bits per heavy atom. The van der Waals surface area contributed by atoms with E-state index in [1.165, 1.54) is 18.9 Å². The molecule has 1 unspecified atom stereocenters. The Kier molecular flexibility index (Phi) is 16.0. The van der Waals surface area contributed by atoms with E-state index in [-0.39, 0.29) is 25.6 Å². The third-order valence-corrected chi connectivity index (χ3v) is 5.03. The second kappa shape index (κ2) is 16.9. The summed E-state index contributed by atoms with van der Waals surface area (Å²) < 4.78 is 4.85. The summed E-state index contributed by atoms with van der Waals surface area (Å²) in [5, 5.41) is 11.0. The number of likely N-dealkylation sites (N-methyl/N-ethyl adjacent to an activating group) is 2. The van der Waals surface area contributed by atoms with Gasteiger partial charge in [-0.3, -0.25) is 24.2 Å². The molecule has 0 aromatic heterocycles. The number of rotatable bonds is 14. The van der Waals surface area contributed by atoms with Crippen LogP contribution < -0.4 is 26.8 Å². The van der Waals surface area contributed by atoms with Crippen LogP contribution in [0.25, 0.3) is 0 Å². The summed E-state index contributed by atoms with van der Waals surface area (Å²) in [6.07, 6.45) is 1.21. The molecule has 0 aromatic rings. The lowest BCUT2D eigenvalue weighted by atomic mass is 10.1. The summed E-state index contributed by atoms with van der Waals surface area (Å²) in [6.45, 7) is 3.48. The van der Waals surface area contributed by atoms with E-state index in [1.807, 2.05) is 0 Å². The summed E-state index contributed by atoms with van der Waals surface area (Å²) in [6, 6.07) is -1.76. The van der Waals surface area contributed by atoms with E-state index in [1.54, 1.807) is 14.0 Å². The molecular weight excluding hydrogens is 540 g/mol. The first-order valence-corrected chi connectivity index (χ1v) is 13.8. The van der Waals surface area contributed by atoms with E-state index < -0.39 is 29.9 Å². The summed E-state index contributed by atoms with van der Waals surface area (Å²) >= 11 is 2.13. The maximum absolute atomic E-state index is 12.8. The molecule has 0 fully saturated rings. The number of amides is 3. The van der Waals surface area contributed by atoms with Crippen molar-refractivity contribution >= 4 is 58.1 Å². The van der Waals surface area contributed by atoms with Gasteiger partial charge in [0.15, 0.2) is 5.96 Å². The molecule has 0 saturated heterocycles. The number of carbonyl (C=O) groups is 4. The summed E-state index contributed by atoms with van der Waals surface area (Å²) in [5.41, 5.74) is 5.67. The van der Waals surface area contributed by atoms with Gasteiger partial charge in [-0.15, -0.1) is 0 Å². The number of carbonyl (C=O) groups excluding carboxylic acids is 4. The molecule has 0 saturated carbocycles. The molecule has 6 N–H and O–H groups in total. The first kappa shape index (κ1) is 29.3. The van der Waals surface area contributed by atoms with Gasteiger partial charge in [-0.25, -0.2) is 0 Å². The number of nitrogens with one attached hydrogen (secondary N) is 4. The van der Waals surface area contributed by atoms with Gasteiger partial charge in [-0.05, 0) is 48.9 Å². The van der Waals surface area contributed by atoms with Gasteiger partial charge >= 0.3 is 5.97 Å². The fourth-order valence-corrected chi connectivity index (χ4v) is 3.52. The molecular formula is C17H33IN7O5P. The van der Waals surface area contributed by atoms with Gasteiger partial charge in [0, 0.05) is 33.4 Å². The Labute approximate surface area is 197 Å². The van der Waals surface area contributed by atoms with Crippen LogP contribution in [0.2, 0.25) is 0 Å². The topological polar surface area (TPSA) is 167 Å². The molecule has 0 aliphatic rings. The van der Waals surface area contributed by atoms with Crippen LogP contribution in [0.5, 0.6) is 0 Å². The summed E-state index contributed by atoms with van der Waals surface area (Å²) in [7, 11) is 3.09. The smallest absolute Gasteiger partial charge is 0.325 e. The molecule has 31 heavy (non-hydrogen) atoms. The monoisotopic (exact) mass is 573 g/mol. The summed E-state index contributed by atoms with van der Waals surface area (Å²) in [5.74, 6) is -1.55. The zero-order chi connectivity index (χ0) is 23.8. The number of nitrogens with zero attached hydrogens (tertiary/aromatic N) is 2. The Hall–Kier alpha value is -1.73. The molecule has 0 aliphatic heterocycles. The Morgan fingerprint density at radius 2 is 1.90 bits per heavy atom. The van der Waals surface area contributed by atoms with Crippen molar-refractivity contribution in [1.82, 2.24) is 25.9 Å². The first-order valence-electron chi connectivity index (χ1n) is 9.70. The van der Waals surface area contributed by atoms with Crippen molar-refractivity contribution in [2.75, 3.05) is 40.3 Å². The summed E-state index contributed by atoms with van der Waals surface area (Å²) in [4.78, 5) is 53.9. The molecule has 0 radical (unpaired) electrons. The molecule has 0 bridgehead atoms. The average molecular weight is 573 g/mol. The lowest BCUT2D eigenvalue weighted by molar-refractivity contribution is -0.149. The molecule has 0 heterocycles. The van der Waals surface area contributed by atoms with Crippen LogP contribution in [0.1, 0.15) is 26.7 Å². The largest absolute Gasteiger partial charge is 0.465 e. The van der Waals surface area contributed by atoms with Crippen molar-refractivity contribution in [3.8, 4) is 0 Å². The molecule has 178 valence electrons. The quantitative estimate of drug-likeness (QED) is 0.0434. The number of aliphatic imine (C=N–C) groups is 1. The first-order chi connectivity index (χ1) is 14.7. The highest BCUT2D eigenvalue weighted by molar-refractivity contribution is 14.2. The van der Waals surface area contributed by atoms with E-state index >= 15 is 0 Å². The number of nitrogens with two attached hydrogens (primary N) is 1. The molecule has 0 rings (SSSR count). The zero-order valence-corrected chi connectivity index (χ0v) is 21.4. The van der Waals surface area contributed by atoms with Crippen molar-refractivity contribution in [3.63, 3.8) is 0 Å². The van der Waals surface area contributed by atoms with Gasteiger partial charge in [0.25, 0.3) is 0 Å². The van der Waals surface area contributed by atoms with Crippen LogP contribution in [-0.4, -0.2) is 87.0 Å². The fraction of sp³-hybridized carbons (Fsp3) is 0.706. The van der Waals surface area contributed by atoms with Gasteiger partial charge in [-0.2, -0.15) is 0 Å². The van der Waals surface area contributed by atoms with Gasteiger partial charge in [0.05, 0.1) is 6.61 Å². The molecule has 0 aromatic carbocycles. The standard InChI is InChI=1S/C17H33IN7O5P/c1-5-30-14(27)10-25(4)16(29)13(9-20-3)23-15(28)12(22-11(2)26)7-6-8-21-17(19)24-31-18/h12-13,20,31H,5-10H2,1-4H3,(H,22,26)(H,23,28)(H3,19,21,24)/t12-,13-/m0/s1. The van der Waals surface area contributed by atoms with Crippen LogP contribution >= 0.6 is 28.4 Å². The molecule has 3 atom stereocenters. The molecule has 14 heteroatoms. The minimum absolute atomic E-state index is 0.147. The maximum Gasteiger partial charge on any atom is 0.325 e. The van der Waals surface area contributed by atoms with E-state index in [2.05, 4.69) is 48.1 Å². The second-order valence-corrected chi connectivity index (χ2v) is 8.56. The number of hydrogen-bond acceptors (Lipinski definition) is 7. The highest BCUT2D eigenvalue weighted by Crippen LogP contribution is 2.12. The normalized spacial score (nSPS) is 13.4. The second-order valence-electron chi connectivity index (χ2n) is 6.50. The van der Waals surface area contributed by atoms with Crippen molar-refractivity contribution in [1.29, 1.82) is 0 Å². The van der Waals surface area contributed by atoms with Crippen molar-refractivity contribution in [3.05, 3.63) is 0 Å². The van der Waals surface area contributed by atoms with E-state index in [0.29, 0.717) is 31.7 Å². The Morgan fingerprint density at radius 3 is 2.45 bits per heavy atom. The van der Waals surface area contributed by atoms with Crippen LogP contribution in [0.4, 0.5) is 0 Å². The number of ether oxygens (including phenoxy) is 1. The Balaban J connectivity index is 5.04. The number of guanidine groups is 1. The minimum Gasteiger partial charge on any atom is -0.465 e. The van der Waals surface area contributed by atoms with E-state index in [9.17, 15) is 19.2 Å². The molecule has 12 nitrogen and oxygen atoms in total. The Bertz CT molecular complexity index is 638. The van der Waals surface area contributed by atoms with Crippen molar-refractivity contribution < 1.29 is 23.9 Å². The van der Waals surface area contributed by atoms with Gasteiger partial charge in [-0.1, -0.05) is 0 Å². The number of esters is 1. The van der Waals surface area contributed by atoms with Crippen LogP contribution in [-0.2, 0) is 23.9 Å². The number of hydrogen-bond donors (Lipinski definition) is 5. The third kappa shape index (κ3) is 13.3. The van der Waals surface area contributed by atoms with Crippen LogP contribution in [0.15, 0.2) is 4.99 Å².